The number of methoxy groups -OCH3 is 1. The molecule has 0 saturated carbocycles. The second kappa shape index (κ2) is 6.58. The van der Waals surface area contributed by atoms with Crippen molar-refractivity contribution in [2.75, 3.05) is 20.3 Å². The standard InChI is InChI=1S/C17H25NO3/c1-5-21-18-10-9-16(19)17(2,3)15(18)12-13-7-6-8-14(11-13)20-4/h6-8,11,15H,5,9-10,12H2,1-4H3. The number of hydrogen-bond donors (Lipinski definition) is 0. The van der Waals surface area contributed by atoms with Crippen LogP contribution in [0.5, 0.6) is 5.75 Å². The summed E-state index contributed by atoms with van der Waals surface area (Å²) in [6.45, 7) is 7.31. The third-order valence-electron chi connectivity index (χ3n) is 4.32. The second-order valence-electron chi connectivity index (χ2n) is 6.02. The molecule has 1 atom stereocenters. The number of piperidine rings is 1. The maximum atomic E-state index is 12.3. The van der Waals surface area contributed by atoms with Gasteiger partial charge < -0.3 is 4.74 Å². The molecule has 0 spiro atoms. The SMILES string of the molecule is CCON1CCC(=O)C(C)(C)C1Cc1cccc(OC)c1. The van der Waals surface area contributed by atoms with Crippen LogP contribution in [-0.2, 0) is 16.1 Å². The number of carbonyl (C=O) groups excluding carboxylic acids is 1. The van der Waals surface area contributed by atoms with Crippen molar-refractivity contribution >= 4 is 5.78 Å². The lowest BCUT2D eigenvalue weighted by atomic mass is 9.74. The molecule has 4 heteroatoms. The molecule has 0 bridgehead atoms. The monoisotopic (exact) mass is 291 g/mol. The van der Waals surface area contributed by atoms with Crippen molar-refractivity contribution in [2.24, 2.45) is 5.41 Å². The molecule has 1 aliphatic rings. The highest BCUT2D eigenvalue weighted by molar-refractivity contribution is 5.85. The van der Waals surface area contributed by atoms with Gasteiger partial charge in [0.15, 0.2) is 0 Å². The van der Waals surface area contributed by atoms with Crippen LogP contribution in [0, 0.1) is 5.41 Å². The zero-order valence-electron chi connectivity index (χ0n) is 13.4. The smallest absolute Gasteiger partial charge is 0.141 e. The Hall–Kier alpha value is -1.39. The Morgan fingerprint density at radius 2 is 2.14 bits per heavy atom. The summed E-state index contributed by atoms with van der Waals surface area (Å²) in [6, 6.07) is 8.06. The highest BCUT2D eigenvalue weighted by atomic mass is 16.7. The van der Waals surface area contributed by atoms with Crippen LogP contribution in [0.4, 0.5) is 0 Å². The van der Waals surface area contributed by atoms with E-state index in [1.165, 1.54) is 0 Å². The molecule has 116 valence electrons. The van der Waals surface area contributed by atoms with Gasteiger partial charge in [0, 0.05) is 18.4 Å². The first-order valence-electron chi connectivity index (χ1n) is 7.54. The minimum absolute atomic E-state index is 0.0470. The number of benzene rings is 1. The molecular formula is C17H25NO3. The first-order valence-corrected chi connectivity index (χ1v) is 7.54. The normalized spacial score (nSPS) is 22.3. The van der Waals surface area contributed by atoms with E-state index in [2.05, 4.69) is 6.07 Å². The summed E-state index contributed by atoms with van der Waals surface area (Å²) in [4.78, 5) is 18.0. The highest BCUT2D eigenvalue weighted by Crippen LogP contribution is 2.35. The second-order valence-corrected chi connectivity index (χ2v) is 6.02. The van der Waals surface area contributed by atoms with Gasteiger partial charge in [0.05, 0.1) is 19.8 Å². The van der Waals surface area contributed by atoms with Crippen LogP contribution in [0.2, 0.25) is 0 Å². The number of ketones is 1. The molecule has 1 fully saturated rings. The average Bonchev–Trinajstić information content (AvgIpc) is 2.47. The van der Waals surface area contributed by atoms with E-state index < -0.39 is 5.41 Å². The predicted octanol–water partition coefficient (Wildman–Crippen LogP) is 2.86. The topological polar surface area (TPSA) is 38.8 Å². The van der Waals surface area contributed by atoms with Crippen LogP contribution >= 0.6 is 0 Å². The van der Waals surface area contributed by atoms with Crippen molar-refractivity contribution in [2.45, 2.75) is 39.7 Å². The van der Waals surface area contributed by atoms with E-state index in [1.807, 2.05) is 44.0 Å². The molecule has 1 aliphatic heterocycles. The van der Waals surface area contributed by atoms with Crippen LogP contribution in [0.3, 0.4) is 0 Å². The van der Waals surface area contributed by atoms with E-state index in [4.69, 9.17) is 9.57 Å². The van der Waals surface area contributed by atoms with E-state index in [0.717, 1.165) is 17.7 Å². The van der Waals surface area contributed by atoms with E-state index in [9.17, 15) is 4.79 Å². The third kappa shape index (κ3) is 3.44. The Kier molecular flexibility index (Phi) is 5.01. The Morgan fingerprint density at radius 3 is 2.81 bits per heavy atom. The molecule has 0 aliphatic carbocycles. The zero-order valence-corrected chi connectivity index (χ0v) is 13.4. The van der Waals surface area contributed by atoms with Crippen molar-refractivity contribution in [1.82, 2.24) is 5.06 Å². The zero-order chi connectivity index (χ0) is 15.5. The first kappa shape index (κ1) is 16.0. The van der Waals surface area contributed by atoms with Gasteiger partial charge in [-0.25, -0.2) is 0 Å². The number of nitrogens with zero attached hydrogens (tertiary/aromatic N) is 1. The average molecular weight is 291 g/mol. The molecule has 1 aromatic carbocycles. The number of hydrogen-bond acceptors (Lipinski definition) is 4. The minimum atomic E-state index is -0.406. The summed E-state index contributed by atoms with van der Waals surface area (Å²) < 4.78 is 5.28. The predicted molar refractivity (Wildman–Crippen MR) is 82.2 cm³/mol. The quantitative estimate of drug-likeness (QED) is 0.836. The van der Waals surface area contributed by atoms with Crippen LogP contribution < -0.4 is 4.74 Å². The lowest BCUT2D eigenvalue weighted by Gasteiger charge is -2.44. The third-order valence-corrected chi connectivity index (χ3v) is 4.32. The molecule has 1 saturated heterocycles. The summed E-state index contributed by atoms with van der Waals surface area (Å²) in [5.41, 5.74) is 0.753. The van der Waals surface area contributed by atoms with Gasteiger partial charge in [-0.05, 0) is 31.0 Å². The van der Waals surface area contributed by atoms with Gasteiger partial charge >= 0.3 is 0 Å². The summed E-state index contributed by atoms with van der Waals surface area (Å²) in [7, 11) is 1.67. The molecule has 1 aromatic rings. The Balaban J connectivity index is 2.24. The van der Waals surface area contributed by atoms with Gasteiger partial charge in [0.25, 0.3) is 0 Å². The molecule has 0 N–H and O–H groups in total. The van der Waals surface area contributed by atoms with E-state index in [-0.39, 0.29) is 6.04 Å². The fourth-order valence-corrected chi connectivity index (χ4v) is 2.94. The summed E-state index contributed by atoms with van der Waals surface area (Å²) in [6.07, 6.45) is 1.33. The molecule has 0 radical (unpaired) electrons. The van der Waals surface area contributed by atoms with Crippen LogP contribution in [-0.4, -0.2) is 37.1 Å². The molecule has 0 aromatic heterocycles. The maximum absolute atomic E-state index is 12.3. The van der Waals surface area contributed by atoms with E-state index >= 15 is 0 Å². The molecule has 2 rings (SSSR count). The lowest BCUT2D eigenvalue weighted by molar-refractivity contribution is -0.217. The number of hydroxylamine groups is 2. The molecule has 0 amide bonds. The summed E-state index contributed by atoms with van der Waals surface area (Å²) in [5.74, 6) is 1.15. The highest BCUT2D eigenvalue weighted by Gasteiger charge is 2.44. The van der Waals surface area contributed by atoms with Crippen LogP contribution in [0.15, 0.2) is 24.3 Å². The molecule has 1 heterocycles. The fourth-order valence-electron chi connectivity index (χ4n) is 2.94. The van der Waals surface area contributed by atoms with Crippen LogP contribution in [0.1, 0.15) is 32.8 Å². The van der Waals surface area contributed by atoms with Gasteiger partial charge in [-0.15, -0.1) is 0 Å². The Bertz CT molecular complexity index is 499. The number of carbonyl (C=O) groups is 1. The number of Topliss-reactive ketones (excluding diaryl/α,β-unsaturated/α-hetero) is 1. The van der Waals surface area contributed by atoms with Crippen molar-refractivity contribution in [3.05, 3.63) is 29.8 Å². The number of rotatable bonds is 5. The van der Waals surface area contributed by atoms with Crippen molar-refractivity contribution in [3.8, 4) is 5.75 Å². The number of ether oxygens (including phenoxy) is 1. The van der Waals surface area contributed by atoms with E-state index in [0.29, 0.717) is 25.4 Å². The largest absolute Gasteiger partial charge is 0.497 e. The van der Waals surface area contributed by atoms with Gasteiger partial charge in [0.2, 0.25) is 0 Å². The summed E-state index contributed by atoms with van der Waals surface area (Å²) in [5, 5.41) is 1.99. The maximum Gasteiger partial charge on any atom is 0.141 e. The van der Waals surface area contributed by atoms with Crippen LogP contribution in [0.25, 0.3) is 0 Å². The molecule has 1 unspecified atom stereocenters. The summed E-state index contributed by atoms with van der Waals surface area (Å²) >= 11 is 0. The Labute approximate surface area is 127 Å². The lowest BCUT2D eigenvalue weighted by Crippen LogP contribution is -2.55. The van der Waals surface area contributed by atoms with Crippen molar-refractivity contribution < 1.29 is 14.4 Å². The van der Waals surface area contributed by atoms with E-state index in [1.54, 1.807) is 7.11 Å². The molecular weight excluding hydrogens is 266 g/mol. The van der Waals surface area contributed by atoms with Crippen molar-refractivity contribution in [1.29, 1.82) is 0 Å². The van der Waals surface area contributed by atoms with Gasteiger partial charge in [-0.3, -0.25) is 9.63 Å². The van der Waals surface area contributed by atoms with Gasteiger partial charge in [0.1, 0.15) is 11.5 Å². The molecule has 21 heavy (non-hydrogen) atoms. The fraction of sp³-hybridized carbons (Fsp3) is 0.588. The molecule has 4 nitrogen and oxygen atoms in total. The van der Waals surface area contributed by atoms with Gasteiger partial charge in [-0.1, -0.05) is 26.0 Å². The Morgan fingerprint density at radius 1 is 1.38 bits per heavy atom. The minimum Gasteiger partial charge on any atom is -0.497 e. The first-order chi connectivity index (χ1) is 9.98. The van der Waals surface area contributed by atoms with Crippen molar-refractivity contribution in [3.63, 3.8) is 0 Å². The van der Waals surface area contributed by atoms with Gasteiger partial charge in [-0.2, -0.15) is 5.06 Å².